The van der Waals surface area contributed by atoms with Crippen molar-refractivity contribution in [2.45, 2.75) is 6.92 Å². The fourth-order valence-corrected chi connectivity index (χ4v) is 3.66. The maximum absolute atomic E-state index is 12.6. The van der Waals surface area contributed by atoms with E-state index in [-0.39, 0.29) is 5.91 Å². The molecule has 0 aliphatic heterocycles. The molecule has 4 aromatic rings. The Bertz CT molecular complexity index is 1080. The molecule has 2 heterocycles. The minimum absolute atomic E-state index is 0.188. The fourth-order valence-electron chi connectivity index (χ4n) is 2.83. The van der Waals surface area contributed by atoms with Crippen molar-refractivity contribution in [1.82, 2.24) is 14.5 Å². The molecule has 4 rings (SSSR count). The smallest absolute Gasteiger partial charge is 0.257 e. The highest BCUT2D eigenvalue weighted by atomic mass is 32.1. The van der Waals surface area contributed by atoms with E-state index >= 15 is 0 Å². The summed E-state index contributed by atoms with van der Waals surface area (Å²) >= 11 is 1.46. The Kier molecular flexibility index (Phi) is 4.90. The summed E-state index contributed by atoms with van der Waals surface area (Å²) < 4.78 is 7.08. The Morgan fingerprint density at radius 3 is 2.50 bits per heavy atom. The third-order valence-corrected chi connectivity index (χ3v) is 5.20. The van der Waals surface area contributed by atoms with Gasteiger partial charge >= 0.3 is 0 Å². The molecule has 1 N–H and O–H groups in total. The zero-order valence-corrected chi connectivity index (χ0v) is 16.2. The molecule has 0 fully saturated rings. The summed E-state index contributed by atoms with van der Waals surface area (Å²) in [6, 6.07) is 15.1. The number of nitrogens with zero attached hydrogens (tertiary/aromatic N) is 3. The highest BCUT2D eigenvalue weighted by Gasteiger charge is 2.13. The minimum atomic E-state index is -0.188. The van der Waals surface area contributed by atoms with Crippen molar-refractivity contribution < 1.29 is 9.53 Å². The van der Waals surface area contributed by atoms with Crippen molar-refractivity contribution in [2.75, 3.05) is 12.4 Å². The van der Waals surface area contributed by atoms with Crippen LogP contribution in [0.2, 0.25) is 0 Å². The zero-order valence-electron chi connectivity index (χ0n) is 15.4. The van der Waals surface area contributed by atoms with E-state index in [4.69, 9.17) is 4.74 Å². The largest absolute Gasteiger partial charge is 0.497 e. The number of rotatable bonds is 5. The van der Waals surface area contributed by atoms with E-state index in [1.807, 2.05) is 54.1 Å². The number of hydrogen-bond donors (Lipinski definition) is 1. The molecule has 140 valence electrons. The van der Waals surface area contributed by atoms with Gasteiger partial charge in [-0.1, -0.05) is 0 Å². The Morgan fingerprint density at radius 2 is 1.86 bits per heavy atom. The Labute approximate surface area is 166 Å². The van der Waals surface area contributed by atoms with Gasteiger partial charge in [0.2, 0.25) is 0 Å². The van der Waals surface area contributed by atoms with Crippen LogP contribution in [-0.2, 0) is 0 Å². The van der Waals surface area contributed by atoms with E-state index in [0.717, 1.165) is 27.6 Å². The van der Waals surface area contributed by atoms with Crippen LogP contribution in [0.5, 0.6) is 5.75 Å². The standard InChI is InChI=1S/C21H18N4O2S/c1-14-19(15-5-9-18(27-2)10-6-15)23-21(28-14)24-20(26)16-3-7-17(8-4-16)25-12-11-22-13-25/h3-13H,1-2H3,(H,23,24,26). The van der Waals surface area contributed by atoms with E-state index in [9.17, 15) is 4.79 Å². The van der Waals surface area contributed by atoms with E-state index in [1.165, 1.54) is 11.3 Å². The Hall–Kier alpha value is -3.45. The quantitative estimate of drug-likeness (QED) is 0.542. The first kappa shape index (κ1) is 17.9. The normalized spacial score (nSPS) is 10.6. The summed E-state index contributed by atoms with van der Waals surface area (Å²) in [5.41, 5.74) is 3.36. The molecule has 7 heteroatoms. The Balaban J connectivity index is 1.50. The lowest BCUT2D eigenvalue weighted by Crippen LogP contribution is -2.11. The first-order valence-corrected chi connectivity index (χ1v) is 9.47. The summed E-state index contributed by atoms with van der Waals surface area (Å²) in [7, 11) is 1.64. The van der Waals surface area contributed by atoms with Crippen LogP contribution in [0, 0.1) is 6.92 Å². The summed E-state index contributed by atoms with van der Waals surface area (Å²) in [5, 5.41) is 3.47. The number of nitrogens with one attached hydrogen (secondary N) is 1. The number of anilines is 1. The molecule has 0 spiro atoms. The van der Waals surface area contributed by atoms with Gasteiger partial charge in [-0.05, 0) is 55.5 Å². The Morgan fingerprint density at radius 1 is 1.11 bits per heavy atom. The van der Waals surface area contributed by atoms with Crippen LogP contribution in [-0.4, -0.2) is 27.6 Å². The second-order valence-corrected chi connectivity index (χ2v) is 7.33. The first-order valence-electron chi connectivity index (χ1n) is 8.65. The highest BCUT2D eigenvalue weighted by molar-refractivity contribution is 7.16. The summed E-state index contributed by atoms with van der Waals surface area (Å²) in [6.07, 6.45) is 5.29. The van der Waals surface area contributed by atoms with E-state index in [2.05, 4.69) is 15.3 Å². The molecule has 0 unspecified atom stereocenters. The van der Waals surface area contributed by atoms with Gasteiger partial charge in [-0.2, -0.15) is 0 Å². The van der Waals surface area contributed by atoms with Crippen LogP contribution in [0.25, 0.3) is 16.9 Å². The maximum Gasteiger partial charge on any atom is 0.257 e. The third-order valence-electron chi connectivity index (χ3n) is 4.31. The van der Waals surface area contributed by atoms with Crippen LogP contribution >= 0.6 is 11.3 Å². The average Bonchev–Trinajstić information content (AvgIpc) is 3.38. The molecule has 28 heavy (non-hydrogen) atoms. The van der Waals surface area contributed by atoms with Crippen LogP contribution in [0.1, 0.15) is 15.2 Å². The second-order valence-electron chi connectivity index (χ2n) is 6.12. The predicted octanol–water partition coefficient (Wildman–Crippen LogP) is 4.57. The number of ether oxygens (including phenoxy) is 1. The molecule has 2 aromatic heterocycles. The highest BCUT2D eigenvalue weighted by Crippen LogP contribution is 2.31. The van der Waals surface area contributed by atoms with Gasteiger partial charge in [0, 0.05) is 34.1 Å². The van der Waals surface area contributed by atoms with Crippen LogP contribution in [0.3, 0.4) is 0 Å². The summed E-state index contributed by atoms with van der Waals surface area (Å²) in [4.78, 5) is 22.2. The maximum atomic E-state index is 12.6. The van der Waals surface area contributed by atoms with Crippen molar-refractivity contribution in [1.29, 1.82) is 0 Å². The van der Waals surface area contributed by atoms with Crippen LogP contribution in [0.4, 0.5) is 5.13 Å². The average molecular weight is 390 g/mol. The van der Waals surface area contributed by atoms with Gasteiger partial charge in [0.1, 0.15) is 5.75 Å². The number of benzene rings is 2. The lowest BCUT2D eigenvalue weighted by molar-refractivity contribution is 0.102. The van der Waals surface area contributed by atoms with Crippen molar-refractivity contribution >= 4 is 22.4 Å². The monoisotopic (exact) mass is 390 g/mol. The van der Waals surface area contributed by atoms with Crippen molar-refractivity contribution in [2.24, 2.45) is 0 Å². The molecule has 1 amide bonds. The van der Waals surface area contributed by atoms with Gasteiger partial charge in [-0.3, -0.25) is 10.1 Å². The van der Waals surface area contributed by atoms with E-state index < -0.39 is 0 Å². The third kappa shape index (κ3) is 3.65. The molecular formula is C21H18N4O2S. The number of amides is 1. The number of imidazole rings is 1. The van der Waals surface area contributed by atoms with Gasteiger partial charge in [-0.25, -0.2) is 9.97 Å². The topological polar surface area (TPSA) is 69.0 Å². The minimum Gasteiger partial charge on any atom is -0.497 e. The number of hydrogen-bond acceptors (Lipinski definition) is 5. The second kappa shape index (κ2) is 7.66. The van der Waals surface area contributed by atoms with Gasteiger partial charge in [0.25, 0.3) is 5.91 Å². The lowest BCUT2D eigenvalue weighted by Gasteiger charge is -2.05. The van der Waals surface area contributed by atoms with Gasteiger partial charge in [0.05, 0.1) is 19.1 Å². The molecule has 0 saturated carbocycles. The predicted molar refractivity (Wildman–Crippen MR) is 110 cm³/mol. The molecular weight excluding hydrogens is 372 g/mol. The van der Waals surface area contributed by atoms with Crippen LogP contribution in [0.15, 0.2) is 67.3 Å². The molecule has 0 atom stereocenters. The van der Waals surface area contributed by atoms with Gasteiger partial charge < -0.3 is 9.30 Å². The summed E-state index contributed by atoms with van der Waals surface area (Å²) in [6.45, 7) is 1.99. The van der Waals surface area contributed by atoms with Crippen molar-refractivity contribution in [3.05, 3.63) is 77.7 Å². The van der Waals surface area contributed by atoms with E-state index in [0.29, 0.717) is 10.7 Å². The zero-order chi connectivity index (χ0) is 19.5. The number of aryl methyl sites for hydroxylation is 1. The van der Waals surface area contributed by atoms with Gasteiger partial charge in [0.15, 0.2) is 5.13 Å². The van der Waals surface area contributed by atoms with Gasteiger partial charge in [-0.15, -0.1) is 11.3 Å². The van der Waals surface area contributed by atoms with E-state index in [1.54, 1.807) is 31.8 Å². The molecule has 0 aliphatic rings. The number of carbonyl (C=O) groups is 1. The number of thiazole rings is 1. The SMILES string of the molecule is COc1ccc(-c2nc(NC(=O)c3ccc(-n4ccnc4)cc3)sc2C)cc1. The number of carbonyl (C=O) groups excluding carboxylic acids is 1. The van der Waals surface area contributed by atoms with Crippen molar-refractivity contribution in [3.8, 4) is 22.7 Å². The summed E-state index contributed by atoms with van der Waals surface area (Å²) in [5.74, 6) is 0.608. The van der Waals surface area contributed by atoms with Crippen molar-refractivity contribution in [3.63, 3.8) is 0 Å². The molecule has 0 aliphatic carbocycles. The molecule has 0 saturated heterocycles. The molecule has 0 radical (unpaired) electrons. The fraction of sp³-hybridized carbons (Fsp3) is 0.0952. The van der Waals surface area contributed by atoms with Crippen LogP contribution < -0.4 is 10.1 Å². The number of aromatic nitrogens is 3. The molecule has 6 nitrogen and oxygen atoms in total. The number of methoxy groups -OCH3 is 1. The first-order chi connectivity index (χ1) is 13.6. The molecule has 0 bridgehead atoms. The molecule has 2 aromatic carbocycles. The lowest BCUT2D eigenvalue weighted by atomic mass is 10.1.